The summed E-state index contributed by atoms with van der Waals surface area (Å²) >= 11 is 0. The fourth-order valence-electron chi connectivity index (χ4n) is 3.36. The summed E-state index contributed by atoms with van der Waals surface area (Å²) in [4.78, 5) is 25.6. The van der Waals surface area contributed by atoms with Crippen LogP contribution in [0, 0.1) is 19.8 Å². The minimum absolute atomic E-state index is 0.0961. The van der Waals surface area contributed by atoms with Crippen molar-refractivity contribution in [3.8, 4) is 0 Å². The maximum Gasteiger partial charge on any atom is 0.308 e. The molecule has 1 aliphatic heterocycles. The molecule has 1 aliphatic rings. The Morgan fingerprint density at radius 3 is 2.76 bits per heavy atom. The van der Waals surface area contributed by atoms with Gasteiger partial charge in [-0.2, -0.15) is 5.10 Å². The van der Waals surface area contributed by atoms with Crippen molar-refractivity contribution >= 4 is 11.9 Å². The van der Waals surface area contributed by atoms with E-state index in [0.29, 0.717) is 25.1 Å². The van der Waals surface area contributed by atoms with E-state index in [1.807, 2.05) is 42.8 Å². The van der Waals surface area contributed by atoms with E-state index in [4.69, 9.17) is 0 Å². The van der Waals surface area contributed by atoms with E-state index in [9.17, 15) is 14.7 Å². The van der Waals surface area contributed by atoms with Gasteiger partial charge in [-0.1, -0.05) is 12.1 Å². The van der Waals surface area contributed by atoms with Crippen LogP contribution in [0.5, 0.6) is 0 Å². The molecule has 0 saturated carbocycles. The molecule has 0 bridgehead atoms. The number of benzene rings is 1. The zero-order valence-electron chi connectivity index (χ0n) is 14.6. The molecule has 2 heterocycles. The maximum absolute atomic E-state index is 12.8. The van der Waals surface area contributed by atoms with Gasteiger partial charge in [-0.3, -0.25) is 14.3 Å². The molecule has 2 aromatic rings. The SMILES string of the molecule is Cc1cc(C)n(Cc2cccc(C(=O)N3CCCC(C(=O)O)C3)c2)n1. The lowest BCUT2D eigenvalue weighted by atomic mass is 9.97. The largest absolute Gasteiger partial charge is 0.481 e. The van der Waals surface area contributed by atoms with Crippen LogP contribution in [0.3, 0.4) is 0 Å². The summed E-state index contributed by atoms with van der Waals surface area (Å²) in [5.41, 5.74) is 3.65. The average Bonchev–Trinajstić information content (AvgIpc) is 2.91. The number of likely N-dealkylation sites (tertiary alicyclic amines) is 1. The van der Waals surface area contributed by atoms with Crippen LogP contribution in [0.2, 0.25) is 0 Å². The van der Waals surface area contributed by atoms with E-state index in [-0.39, 0.29) is 12.5 Å². The summed E-state index contributed by atoms with van der Waals surface area (Å²) in [6, 6.07) is 9.53. The van der Waals surface area contributed by atoms with Gasteiger partial charge in [-0.25, -0.2) is 0 Å². The predicted octanol–water partition coefficient (Wildman–Crippen LogP) is 2.49. The van der Waals surface area contributed by atoms with Gasteiger partial charge < -0.3 is 10.0 Å². The number of amides is 1. The molecule has 0 aliphatic carbocycles. The molecule has 3 rings (SSSR count). The van der Waals surface area contributed by atoms with Crippen molar-refractivity contribution in [3.63, 3.8) is 0 Å². The van der Waals surface area contributed by atoms with Gasteiger partial charge in [-0.15, -0.1) is 0 Å². The Kier molecular flexibility index (Phi) is 4.88. The third-order valence-electron chi connectivity index (χ3n) is 4.67. The molecule has 1 aromatic heterocycles. The number of rotatable bonds is 4. The molecule has 1 atom stereocenters. The van der Waals surface area contributed by atoms with E-state index >= 15 is 0 Å². The number of carbonyl (C=O) groups excluding carboxylic acids is 1. The van der Waals surface area contributed by atoms with Gasteiger partial charge in [-0.05, 0) is 50.5 Å². The molecular weight excluding hydrogens is 318 g/mol. The highest BCUT2D eigenvalue weighted by molar-refractivity contribution is 5.94. The van der Waals surface area contributed by atoms with Gasteiger partial charge in [0.15, 0.2) is 0 Å². The number of piperidine rings is 1. The summed E-state index contributed by atoms with van der Waals surface area (Å²) in [5, 5.41) is 13.7. The number of carboxylic acid groups (broad SMARTS) is 1. The fraction of sp³-hybridized carbons (Fsp3) is 0.421. The first-order valence-electron chi connectivity index (χ1n) is 8.56. The standard InChI is InChI=1S/C19H23N3O3/c1-13-9-14(2)22(20-13)11-15-5-3-6-16(10-15)18(23)21-8-4-7-17(12-21)19(24)25/h3,5-6,9-10,17H,4,7-8,11-12H2,1-2H3,(H,24,25). The second kappa shape index (κ2) is 7.09. The lowest BCUT2D eigenvalue weighted by molar-refractivity contribution is -0.143. The van der Waals surface area contributed by atoms with Gasteiger partial charge in [0.05, 0.1) is 18.2 Å². The van der Waals surface area contributed by atoms with Gasteiger partial charge in [0.2, 0.25) is 0 Å². The van der Waals surface area contributed by atoms with Crippen LogP contribution >= 0.6 is 0 Å². The van der Waals surface area contributed by atoms with E-state index in [1.165, 1.54) is 0 Å². The molecule has 1 fully saturated rings. The van der Waals surface area contributed by atoms with E-state index < -0.39 is 11.9 Å². The average molecular weight is 341 g/mol. The molecule has 1 aromatic carbocycles. The van der Waals surface area contributed by atoms with Crippen LogP contribution in [0.4, 0.5) is 0 Å². The van der Waals surface area contributed by atoms with Crippen LogP contribution in [-0.4, -0.2) is 44.8 Å². The van der Waals surface area contributed by atoms with Crippen LogP contribution < -0.4 is 0 Å². The smallest absolute Gasteiger partial charge is 0.308 e. The third-order valence-corrected chi connectivity index (χ3v) is 4.67. The molecule has 25 heavy (non-hydrogen) atoms. The number of aliphatic carboxylic acids is 1. The highest BCUT2D eigenvalue weighted by Crippen LogP contribution is 2.19. The number of nitrogens with zero attached hydrogens (tertiary/aromatic N) is 3. The Morgan fingerprint density at radius 2 is 2.08 bits per heavy atom. The topological polar surface area (TPSA) is 75.4 Å². The van der Waals surface area contributed by atoms with Gasteiger partial charge >= 0.3 is 5.97 Å². The third kappa shape index (κ3) is 3.90. The summed E-state index contributed by atoms with van der Waals surface area (Å²) in [7, 11) is 0. The van der Waals surface area contributed by atoms with E-state index in [1.54, 1.807) is 11.0 Å². The number of aryl methyl sites for hydroxylation is 2. The van der Waals surface area contributed by atoms with Crippen molar-refractivity contribution in [2.75, 3.05) is 13.1 Å². The number of carbonyl (C=O) groups is 2. The molecule has 0 radical (unpaired) electrons. The van der Waals surface area contributed by atoms with Crippen LogP contribution in [0.15, 0.2) is 30.3 Å². The Labute approximate surface area is 147 Å². The zero-order chi connectivity index (χ0) is 18.0. The summed E-state index contributed by atoms with van der Waals surface area (Å²) in [6.07, 6.45) is 1.37. The number of hydrogen-bond donors (Lipinski definition) is 1. The Morgan fingerprint density at radius 1 is 1.28 bits per heavy atom. The first-order chi connectivity index (χ1) is 11.9. The Balaban J connectivity index is 1.75. The zero-order valence-corrected chi connectivity index (χ0v) is 14.6. The number of carboxylic acids is 1. The van der Waals surface area contributed by atoms with Crippen molar-refractivity contribution in [2.24, 2.45) is 5.92 Å². The van der Waals surface area contributed by atoms with Crippen molar-refractivity contribution in [1.29, 1.82) is 0 Å². The van der Waals surface area contributed by atoms with Crippen LogP contribution in [0.25, 0.3) is 0 Å². The molecule has 1 N–H and O–H groups in total. The maximum atomic E-state index is 12.8. The molecule has 6 nitrogen and oxygen atoms in total. The fourth-order valence-corrected chi connectivity index (χ4v) is 3.36. The number of aromatic nitrogens is 2. The minimum Gasteiger partial charge on any atom is -0.481 e. The summed E-state index contributed by atoms with van der Waals surface area (Å²) in [6.45, 7) is 5.48. The Bertz CT molecular complexity index is 797. The highest BCUT2D eigenvalue weighted by Gasteiger charge is 2.28. The highest BCUT2D eigenvalue weighted by atomic mass is 16.4. The lowest BCUT2D eigenvalue weighted by Gasteiger charge is -2.30. The normalized spacial score (nSPS) is 17.5. The van der Waals surface area contributed by atoms with Crippen molar-refractivity contribution in [3.05, 3.63) is 52.8 Å². The molecule has 1 unspecified atom stereocenters. The Hall–Kier alpha value is -2.63. The summed E-state index contributed by atoms with van der Waals surface area (Å²) < 4.78 is 1.92. The van der Waals surface area contributed by atoms with Crippen molar-refractivity contribution < 1.29 is 14.7 Å². The molecule has 6 heteroatoms. The van der Waals surface area contributed by atoms with Crippen molar-refractivity contribution in [2.45, 2.75) is 33.2 Å². The lowest BCUT2D eigenvalue weighted by Crippen LogP contribution is -2.42. The van der Waals surface area contributed by atoms with Gasteiger partial charge in [0, 0.05) is 24.3 Å². The molecule has 0 spiro atoms. The minimum atomic E-state index is -0.823. The molecule has 132 valence electrons. The van der Waals surface area contributed by atoms with Gasteiger partial charge in [0.25, 0.3) is 5.91 Å². The predicted molar refractivity (Wildman–Crippen MR) is 93.5 cm³/mol. The monoisotopic (exact) mass is 341 g/mol. The van der Waals surface area contributed by atoms with Crippen LogP contribution in [0.1, 0.15) is 40.2 Å². The second-order valence-corrected chi connectivity index (χ2v) is 6.71. The molecule has 1 saturated heterocycles. The second-order valence-electron chi connectivity index (χ2n) is 6.71. The molecular formula is C19H23N3O3. The first-order valence-corrected chi connectivity index (χ1v) is 8.56. The van der Waals surface area contributed by atoms with Gasteiger partial charge in [0.1, 0.15) is 0 Å². The molecule has 1 amide bonds. The number of hydrogen-bond acceptors (Lipinski definition) is 3. The first kappa shape index (κ1) is 17.2. The quantitative estimate of drug-likeness (QED) is 0.927. The van der Waals surface area contributed by atoms with E-state index in [2.05, 4.69) is 5.10 Å². The van der Waals surface area contributed by atoms with Crippen LogP contribution in [-0.2, 0) is 11.3 Å². The summed E-state index contributed by atoms with van der Waals surface area (Å²) in [5.74, 6) is -1.38. The van der Waals surface area contributed by atoms with E-state index in [0.717, 1.165) is 23.4 Å². The van der Waals surface area contributed by atoms with Crippen molar-refractivity contribution in [1.82, 2.24) is 14.7 Å².